The van der Waals surface area contributed by atoms with Gasteiger partial charge in [0, 0.05) is 6.42 Å². The van der Waals surface area contributed by atoms with E-state index >= 15 is 0 Å². The molecule has 4 heteroatoms. The highest BCUT2D eigenvalue weighted by Gasteiger charge is 1.98. The van der Waals surface area contributed by atoms with Gasteiger partial charge in [-0.2, -0.15) is 5.10 Å². The SMILES string of the molecule is CCCc1n[nH]c(CCl)n1. The maximum Gasteiger partial charge on any atom is 0.150 e. The molecule has 0 atom stereocenters. The van der Waals surface area contributed by atoms with Gasteiger partial charge in [0.2, 0.25) is 0 Å². The molecule has 0 amide bonds. The highest BCUT2D eigenvalue weighted by molar-refractivity contribution is 6.16. The highest BCUT2D eigenvalue weighted by atomic mass is 35.5. The number of halogens is 1. The molecule has 1 N–H and O–H groups in total. The van der Waals surface area contributed by atoms with E-state index in [9.17, 15) is 0 Å². The number of H-pyrrole nitrogens is 1. The molecule has 0 aromatic carbocycles. The van der Waals surface area contributed by atoms with Gasteiger partial charge >= 0.3 is 0 Å². The fourth-order valence-electron chi connectivity index (χ4n) is 0.730. The third-order valence-corrected chi connectivity index (χ3v) is 1.43. The number of aryl methyl sites for hydroxylation is 1. The number of hydrogen-bond donors (Lipinski definition) is 1. The molecule has 0 aliphatic heterocycles. The lowest BCUT2D eigenvalue weighted by molar-refractivity contribution is 0.841. The Hall–Kier alpha value is -0.570. The van der Waals surface area contributed by atoms with Crippen LogP contribution < -0.4 is 0 Å². The summed E-state index contributed by atoms with van der Waals surface area (Å²) in [6.45, 7) is 2.09. The van der Waals surface area contributed by atoms with Gasteiger partial charge < -0.3 is 0 Å². The maximum atomic E-state index is 5.51. The van der Waals surface area contributed by atoms with Crippen molar-refractivity contribution in [2.24, 2.45) is 0 Å². The molecule has 0 saturated carbocycles. The first-order valence-corrected chi connectivity index (χ1v) is 3.86. The minimum Gasteiger partial charge on any atom is -0.262 e. The Balaban J connectivity index is 2.59. The lowest BCUT2D eigenvalue weighted by Crippen LogP contribution is -1.85. The lowest BCUT2D eigenvalue weighted by Gasteiger charge is -1.84. The minimum absolute atomic E-state index is 0.413. The van der Waals surface area contributed by atoms with Gasteiger partial charge in [0.1, 0.15) is 5.82 Å². The number of rotatable bonds is 3. The zero-order valence-corrected chi connectivity index (χ0v) is 6.65. The lowest BCUT2D eigenvalue weighted by atomic mass is 10.3. The molecule has 0 aliphatic rings. The van der Waals surface area contributed by atoms with E-state index in [1.165, 1.54) is 0 Å². The third-order valence-electron chi connectivity index (χ3n) is 1.18. The summed E-state index contributed by atoms with van der Waals surface area (Å²) in [6, 6.07) is 0. The van der Waals surface area contributed by atoms with Crippen LogP contribution in [0.25, 0.3) is 0 Å². The molecule has 10 heavy (non-hydrogen) atoms. The van der Waals surface area contributed by atoms with Gasteiger partial charge in [0.05, 0.1) is 5.88 Å². The molecule has 0 aliphatic carbocycles. The van der Waals surface area contributed by atoms with Crippen LogP contribution in [0.2, 0.25) is 0 Å². The van der Waals surface area contributed by atoms with E-state index in [1.807, 2.05) is 0 Å². The minimum atomic E-state index is 0.413. The second-order valence-corrected chi connectivity index (χ2v) is 2.35. The molecule has 1 aromatic rings. The van der Waals surface area contributed by atoms with Crippen molar-refractivity contribution in [3.8, 4) is 0 Å². The number of hydrogen-bond acceptors (Lipinski definition) is 2. The number of alkyl halides is 1. The largest absolute Gasteiger partial charge is 0.262 e. The van der Waals surface area contributed by atoms with Crippen molar-refractivity contribution in [2.45, 2.75) is 25.6 Å². The summed E-state index contributed by atoms with van der Waals surface area (Å²) in [7, 11) is 0. The van der Waals surface area contributed by atoms with E-state index in [-0.39, 0.29) is 0 Å². The predicted molar refractivity (Wildman–Crippen MR) is 39.9 cm³/mol. The van der Waals surface area contributed by atoms with Crippen LogP contribution in [0.1, 0.15) is 25.0 Å². The molecule has 1 heterocycles. The van der Waals surface area contributed by atoms with Crippen molar-refractivity contribution in [1.82, 2.24) is 15.2 Å². The molecular weight excluding hydrogens is 150 g/mol. The Morgan fingerprint density at radius 1 is 1.60 bits per heavy atom. The Morgan fingerprint density at radius 3 is 2.90 bits per heavy atom. The molecule has 3 nitrogen and oxygen atoms in total. The second-order valence-electron chi connectivity index (χ2n) is 2.08. The number of nitrogens with zero attached hydrogens (tertiary/aromatic N) is 2. The molecule has 0 radical (unpaired) electrons. The second kappa shape index (κ2) is 3.56. The Labute approximate surface area is 64.8 Å². The van der Waals surface area contributed by atoms with Crippen molar-refractivity contribution in [3.05, 3.63) is 11.6 Å². The van der Waals surface area contributed by atoms with Gasteiger partial charge in [0.15, 0.2) is 5.82 Å². The zero-order valence-electron chi connectivity index (χ0n) is 5.89. The standard InChI is InChI=1S/C6H10ClN3/c1-2-3-5-8-6(4-7)10-9-5/h2-4H2,1H3,(H,8,9,10). The van der Waals surface area contributed by atoms with Gasteiger partial charge in [-0.1, -0.05) is 6.92 Å². The van der Waals surface area contributed by atoms with Crippen molar-refractivity contribution in [1.29, 1.82) is 0 Å². The summed E-state index contributed by atoms with van der Waals surface area (Å²) in [5.74, 6) is 2.03. The quantitative estimate of drug-likeness (QED) is 0.680. The first kappa shape index (κ1) is 7.54. The average molecular weight is 160 g/mol. The topological polar surface area (TPSA) is 41.6 Å². The average Bonchev–Trinajstić information content (AvgIpc) is 2.37. The van der Waals surface area contributed by atoms with E-state index in [1.54, 1.807) is 0 Å². The van der Waals surface area contributed by atoms with Crippen LogP contribution in [0.4, 0.5) is 0 Å². The summed E-state index contributed by atoms with van der Waals surface area (Å²) in [5, 5.41) is 6.70. The van der Waals surface area contributed by atoms with Gasteiger partial charge in [-0.25, -0.2) is 4.98 Å². The fraction of sp³-hybridized carbons (Fsp3) is 0.667. The fourth-order valence-corrected chi connectivity index (χ4v) is 0.850. The van der Waals surface area contributed by atoms with Gasteiger partial charge in [-0.3, -0.25) is 5.10 Å². The van der Waals surface area contributed by atoms with Gasteiger partial charge in [-0.15, -0.1) is 11.6 Å². The summed E-state index contributed by atoms with van der Waals surface area (Å²) < 4.78 is 0. The van der Waals surface area contributed by atoms with Crippen molar-refractivity contribution in [3.63, 3.8) is 0 Å². The van der Waals surface area contributed by atoms with Crippen molar-refractivity contribution < 1.29 is 0 Å². The summed E-state index contributed by atoms with van der Waals surface area (Å²) in [5.41, 5.74) is 0. The molecule has 0 spiro atoms. The van der Waals surface area contributed by atoms with Crippen molar-refractivity contribution in [2.75, 3.05) is 0 Å². The maximum absolute atomic E-state index is 5.51. The van der Waals surface area contributed by atoms with Crippen LogP contribution in [0.5, 0.6) is 0 Å². The summed E-state index contributed by atoms with van der Waals surface area (Å²) in [6.07, 6.45) is 1.99. The first-order valence-electron chi connectivity index (χ1n) is 3.33. The number of aromatic nitrogens is 3. The molecule has 0 saturated heterocycles. The van der Waals surface area contributed by atoms with E-state index in [2.05, 4.69) is 22.1 Å². The molecule has 0 unspecified atom stereocenters. The van der Waals surface area contributed by atoms with Crippen molar-refractivity contribution >= 4 is 11.6 Å². The van der Waals surface area contributed by atoms with Crippen LogP contribution in [0, 0.1) is 0 Å². The summed E-state index contributed by atoms with van der Waals surface area (Å²) >= 11 is 5.51. The zero-order chi connectivity index (χ0) is 7.40. The van der Waals surface area contributed by atoms with E-state index < -0.39 is 0 Å². The Bertz CT molecular complexity index is 197. The number of aromatic amines is 1. The van der Waals surface area contributed by atoms with Gasteiger partial charge in [-0.05, 0) is 6.42 Å². The van der Waals surface area contributed by atoms with E-state index in [0.29, 0.717) is 5.88 Å². The van der Waals surface area contributed by atoms with Gasteiger partial charge in [0.25, 0.3) is 0 Å². The molecule has 0 bridgehead atoms. The third kappa shape index (κ3) is 1.70. The molecule has 0 fully saturated rings. The Morgan fingerprint density at radius 2 is 2.40 bits per heavy atom. The molecule has 56 valence electrons. The number of nitrogens with one attached hydrogen (secondary N) is 1. The monoisotopic (exact) mass is 159 g/mol. The molecule has 1 rings (SSSR count). The van der Waals surface area contributed by atoms with E-state index in [0.717, 1.165) is 24.5 Å². The van der Waals surface area contributed by atoms with E-state index in [4.69, 9.17) is 11.6 Å². The molecular formula is C6H10ClN3. The molecule has 1 aromatic heterocycles. The highest BCUT2D eigenvalue weighted by Crippen LogP contribution is 1.98. The normalized spacial score (nSPS) is 10.2. The smallest absolute Gasteiger partial charge is 0.150 e. The van der Waals surface area contributed by atoms with Crippen LogP contribution >= 0.6 is 11.6 Å². The Kier molecular flexibility index (Phi) is 2.68. The van der Waals surface area contributed by atoms with Crippen LogP contribution in [0.15, 0.2) is 0 Å². The van der Waals surface area contributed by atoms with Crippen LogP contribution in [-0.4, -0.2) is 15.2 Å². The summed E-state index contributed by atoms with van der Waals surface area (Å²) in [4.78, 5) is 4.12. The first-order chi connectivity index (χ1) is 4.86. The predicted octanol–water partition coefficient (Wildman–Crippen LogP) is 1.50. The van der Waals surface area contributed by atoms with Crippen LogP contribution in [-0.2, 0) is 12.3 Å². The van der Waals surface area contributed by atoms with Crippen LogP contribution in [0.3, 0.4) is 0 Å².